The average Bonchev–Trinajstić information content (AvgIpc) is 3.30. The van der Waals surface area contributed by atoms with Crippen LogP contribution in [0.15, 0.2) is 12.1 Å². The number of aromatic nitrogens is 2. The number of carbonyl (C=O) groups is 1. The van der Waals surface area contributed by atoms with E-state index in [0.717, 1.165) is 29.8 Å². The number of ether oxygens (including phenoxy) is 4. The molecule has 3 heterocycles. The molecule has 1 aromatic carbocycles. The highest BCUT2D eigenvalue weighted by Gasteiger charge is 2.29. The van der Waals surface area contributed by atoms with Crippen LogP contribution in [0, 0.1) is 0 Å². The molecule has 2 aliphatic heterocycles. The Bertz CT molecular complexity index is 914. The predicted octanol–water partition coefficient (Wildman–Crippen LogP) is 2.65. The van der Waals surface area contributed by atoms with E-state index in [0.29, 0.717) is 55.1 Å². The molecule has 0 unspecified atom stereocenters. The fourth-order valence-corrected chi connectivity index (χ4v) is 3.94. The molecule has 0 spiro atoms. The molecule has 0 atom stereocenters. The highest BCUT2D eigenvalue weighted by atomic mass is 35.5. The van der Waals surface area contributed by atoms with Crippen LogP contribution in [0.5, 0.6) is 11.5 Å². The lowest BCUT2D eigenvalue weighted by atomic mass is 10.0. The number of rotatable bonds is 7. The number of halogens is 1. The minimum absolute atomic E-state index is 0.214. The van der Waals surface area contributed by atoms with Gasteiger partial charge in [0.25, 0.3) is 0 Å². The summed E-state index contributed by atoms with van der Waals surface area (Å²) in [5, 5.41) is 5.17. The topological polar surface area (TPSA) is 75.0 Å². The molecule has 2 aromatic rings. The van der Waals surface area contributed by atoms with Gasteiger partial charge in [-0.2, -0.15) is 5.10 Å². The molecule has 4 rings (SSSR count). The Morgan fingerprint density at radius 2 is 2.10 bits per heavy atom. The van der Waals surface area contributed by atoms with Gasteiger partial charge in [-0.15, -0.1) is 0 Å². The SMILES string of the molecule is CCOC(=O)c1nn(CCOC)c2c1CN(Cc1cc3c(cc1Cl)OCO3)CC2. The first-order valence-corrected chi connectivity index (χ1v) is 10.0. The molecule has 29 heavy (non-hydrogen) atoms. The molecule has 0 radical (unpaired) electrons. The third-order valence-corrected chi connectivity index (χ3v) is 5.48. The summed E-state index contributed by atoms with van der Waals surface area (Å²) < 4.78 is 23.1. The maximum atomic E-state index is 12.5. The fraction of sp³-hybridized carbons (Fsp3) is 0.500. The van der Waals surface area contributed by atoms with Crippen LogP contribution in [0.4, 0.5) is 0 Å². The van der Waals surface area contributed by atoms with Gasteiger partial charge in [0.2, 0.25) is 6.79 Å². The zero-order chi connectivity index (χ0) is 20.4. The van der Waals surface area contributed by atoms with Gasteiger partial charge in [0.05, 0.1) is 19.8 Å². The Hall–Kier alpha value is -2.29. The Morgan fingerprint density at radius 3 is 2.86 bits per heavy atom. The predicted molar refractivity (Wildman–Crippen MR) is 105 cm³/mol. The smallest absolute Gasteiger partial charge is 0.359 e. The maximum absolute atomic E-state index is 12.5. The molecule has 9 heteroatoms. The zero-order valence-corrected chi connectivity index (χ0v) is 17.3. The molecule has 0 saturated carbocycles. The van der Waals surface area contributed by atoms with Crippen molar-refractivity contribution in [3.63, 3.8) is 0 Å². The molecular weight excluding hydrogens is 398 g/mol. The van der Waals surface area contributed by atoms with Gasteiger partial charge in [0.15, 0.2) is 17.2 Å². The Kier molecular flexibility index (Phi) is 5.94. The van der Waals surface area contributed by atoms with E-state index in [4.69, 9.17) is 30.5 Å². The molecule has 1 aromatic heterocycles. The summed E-state index contributed by atoms with van der Waals surface area (Å²) in [6, 6.07) is 3.72. The first kappa shape index (κ1) is 20.0. The van der Waals surface area contributed by atoms with Crippen molar-refractivity contribution in [3.8, 4) is 11.5 Å². The second-order valence-corrected chi connectivity index (χ2v) is 7.37. The molecule has 8 nitrogen and oxygen atoms in total. The normalized spacial score (nSPS) is 15.4. The Labute approximate surface area is 174 Å². The van der Waals surface area contributed by atoms with E-state index in [2.05, 4.69) is 10.00 Å². The van der Waals surface area contributed by atoms with E-state index >= 15 is 0 Å². The van der Waals surface area contributed by atoms with Crippen LogP contribution in [0.1, 0.15) is 34.2 Å². The van der Waals surface area contributed by atoms with Crippen molar-refractivity contribution in [1.82, 2.24) is 14.7 Å². The summed E-state index contributed by atoms with van der Waals surface area (Å²) in [6.45, 7) is 5.53. The number of methoxy groups -OCH3 is 1. The lowest BCUT2D eigenvalue weighted by Crippen LogP contribution is -2.31. The Morgan fingerprint density at radius 1 is 1.31 bits per heavy atom. The monoisotopic (exact) mass is 421 g/mol. The van der Waals surface area contributed by atoms with Gasteiger partial charge in [0.1, 0.15) is 0 Å². The number of hydrogen-bond acceptors (Lipinski definition) is 7. The van der Waals surface area contributed by atoms with Crippen molar-refractivity contribution < 1.29 is 23.7 Å². The molecule has 0 fully saturated rings. The molecule has 156 valence electrons. The molecule has 0 amide bonds. The van der Waals surface area contributed by atoms with Gasteiger partial charge in [-0.05, 0) is 18.6 Å². The van der Waals surface area contributed by atoms with Gasteiger partial charge in [-0.25, -0.2) is 4.79 Å². The van der Waals surface area contributed by atoms with E-state index in [1.165, 1.54) is 0 Å². The molecule has 0 N–H and O–H groups in total. The largest absolute Gasteiger partial charge is 0.461 e. The molecular formula is C20H24ClN3O5. The van der Waals surface area contributed by atoms with Gasteiger partial charge >= 0.3 is 5.97 Å². The Balaban J connectivity index is 1.57. The highest BCUT2D eigenvalue weighted by molar-refractivity contribution is 6.31. The molecule has 2 aliphatic rings. The summed E-state index contributed by atoms with van der Waals surface area (Å²) >= 11 is 6.44. The maximum Gasteiger partial charge on any atom is 0.359 e. The zero-order valence-electron chi connectivity index (χ0n) is 16.6. The second kappa shape index (κ2) is 8.61. The van der Waals surface area contributed by atoms with Crippen molar-refractivity contribution in [3.05, 3.63) is 39.7 Å². The van der Waals surface area contributed by atoms with Gasteiger partial charge in [-0.1, -0.05) is 11.6 Å². The fourth-order valence-electron chi connectivity index (χ4n) is 3.73. The molecule has 0 aliphatic carbocycles. The standard InChI is InChI=1S/C20H24ClN3O5/c1-3-27-20(25)19-14-11-23(5-4-16(14)24(22-19)6-7-26-2)10-13-8-17-18(9-15(13)21)29-12-28-17/h8-9H,3-7,10-12H2,1-2H3. The third-order valence-electron chi connectivity index (χ3n) is 5.12. The summed E-state index contributed by atoms with van der Waals surface area (Å²) in [5.41, 5.74) is 3.34. The van der Waals surface area contributed by atoms with E-state index in [1.807, 2.05) is 10.7 Å². The van der Waals surface area contributed by atoms with Crippen LogP contribution in [-0.2, 0) is 35.5 Å². The van der Waals surface area contributed by atoms with Gasteiger partial charge < -0.3 is 18.9 Å². The van der Waals surface area contributed by atoms with Crippen LogP contribution >= 0.6 is 11.6 Å². The summed E-state index contributed by atoms with van der Waals surface area (Å²) in [7, 11) is 1.65. The van der Waals surface area contributed by atoms with Crippen LogP contribution in [0.25, 0.3) is 0 Å². The first-order chi connectivity index (χ1) is 14.1. The lowest BCUT2D eigenvalue weighted by molar-refractivity contribution is 0.0515. The number of carbonyl (C=O) groups excluding carboxylic acids is 1. The quantitative estimate of drug-likeness (QED) is 0.636. The van der Waals surface area contributed by atoms with Crippen molar-refractivity contribution >= 4 is 17.6 Å². The molecule has 0 saturated heterocycles. The van der Waals surface area contributed by atoms with E-state index in [9.17, 15) is 4.79 Å². The third kappa shape index (κ3) is 4.05. The number of hydrogen-bond donors (Lipinski definition) is 0. The minimum Gasteiger partial charge on any atom is -0.461 e. The highest BCUT2D eigenvalue weighted by Crippen LogP contribution is 2.37. The second-order valence-electron chi connectivity index (χ2n) is 6.97. The lowest BCUT2D eigenvalue weighted by Gasteiger charge is -2.28. The van der Waals surface area contributed by atoms with E-state index in [-0.39, 0.29) is 12.8 Å². The first-order valence-electron chi connectivity index (χ1n) is 9.65. The van der Waals surface area contributed by atoms with Crippen LogP contribution in [0.2, 0.25) is 5.02 Å². The number of benzene rings is 1. The summed E-state index contributed by atoms with van der Waals surface area (Å²) in [4.78, 5) is 14.7. The number of esters is 1. The average molecular weight is 422 g/mol. The van der Waals surface area contributed by atoms with Crippen LogP contribution in [-0.4, -0.2) is 54.3 Å². The number of nitrogens with zero attached hydrogens (tertiary/aromatic N) is 3. The summed E-state index contributed by atoms with van der Waals surface area (Å²) in [5.74, 6) is 0.994. The van der Waals surface area contributed by atoms with Crippen LogP contribution in [0.3, 0.4) is 0 Å². The van der Waals surface area contributed by atoms with E-state index in [1.54, 1.807) is 20.1 Å². The van der Waals surface area contributed by atoms with Crippen LogP contribution < -0.4 is 9.47 Å². The minimum atomic E-state index is -0.386. The van der Waals surface area contributed by atoms with Crippen molar-refractivity contribution in [2.24, 2.45) is 0 Å². The summed E-state index contributed by atoms with van der Waals surface area (Å²) in [6.07, 6.45) is 0.785. The van der Waals surface area contributed by atoms with Gasteiger partial charge in [0, 0.05) is 55.5 Å². The van der Waals surface area contributed by atoms with Crippen molar-refractivity contribution in [1.29, 1.82) is 0 Å². The molecule has 0 bridgehead atoms. The number of fused-ring (bicyclic) bond motifs is 2. The van der Waals surface area contributed by atoms with Crippen molar-refractivity contribution in [2.75, 3.05) is 33.7 Å². The van der Waals surface area contributed by atoms with E-state index < -0.39 is 0 Å². The van der Waals surface area contributed by atoms with Crippen molar-refractivity contribution in [2.45, 2.75) is 33.0 Å². The van der Waals surface area contributed by atoms with Gasteiger partial charge in [-0.3, -0.25) is 9.58 Å².